The predicted octanol–water partition coefficient (Wildman–Crippen LogP) is 1.62. The molecular weight excluding hydrogens is 358 g/mol. The topological polar surface area (TPSA) is 122 Å². The molecule has 8 nitrogen and oxygen atoms in total. The lowest BCUT2D eigenvalue weighted by atomic mass is 9.91. The fourth-order valence-electron chi connectivity index (χ4n) is 3.28. The van der Waals surface area contributed by atoms with Gasteiger partial charge < -0.3 is 10.1 Å². The maximum Gasteiger partial charge on any atom is 0.269 e. The van der Waals surface area contributed by atoms with Crippen LogP contribution < -0.4 is 5.32 Å². The Morgan fingerprint density at radius 2 is 2.17 bits per heavy atom. The summed E-state index contributed by atoms with van der Waals surface area (Å²) in [6.07, 6.45) is 0.222. The van der Waals surface area contributed by atoms with E-state index in [1.807, 2.05) is 0 Å². The molecule has 0 aliphatic carbocycles. The van der Waals surface area contributed by atoms with E-state index in [4.69, 9.17) is 21.7 Å². The molecule has 2 heterocycles. The zero-order chi connectivity index (χ0) is 17.8. The van der Waals surface area contributed by atoms with Crippen molar-refractivity contribution in [2.45, 2.75) is 23.6 Å². The van der Waals surface area contributed by atoms with Crippen LogP contribution in [0.25, 0.3) is 0 Å². The average molecular weight is 374 g/mol. The van der Waals surface area contributed by atoms with Crippen molar-refractivity contribution in [3.8, 4) is 0 Å². The van der Waals surface area contributed by atoms with Crippen LogP contribution in [0.2, 0.25) is 5.02 Å². The molecule has 0 aromatic heterocycles. The highest BCUT2D eigenvalue weighted by Gasteiger charge is 2.58. The van der Waals surface area contributed by atoms with Gasteiger partial charge in [-0.1, -0.05) is 11.6 Å². The molecule has 1 spiro atoms. The normalized spacial score (nSPS) is 31.8. The molecule has 1 aromatic carbocycles. The zero-order valence-electron chi connectivity index (χ0n) is 12.8. The molecule has 0 bridgehead atoms. The molecule has 3 rings (SSSR count). The van der Waals surface area contributed by atoms with Crippen LogP contribution in [0.15, 0.2) is 18.2 Å². The number of hydrogen-bond acceptors (Lipinski definition) is 6. The predicted molar refractivity (Wildman–Crippen MR) is 88.3 cm³/mol. The summed E-state index contributed by atoms with van der Waals surface area (Å²) in [5.41, 5.74) is -1.14. The lowest BCUT2D eigenvalue weighted by Gasteiger charge is -2.44. The van der Waals surface area contributed by atoms with Crippen molar-refractivity contribution in [2.24, 2.45) is 0 Å². The quantitative estimate of drug-likeness (QED) is 0.599. The second kappa shape index (κ2) is 5.40. The Bertz CT molecular complexity index is 835. The van der Waals surface area contributed by atoms with Crippen LogP contribution in [0.3, 0.4) is 0 Å². The van der Waals surface area contributed by atoms with Crippen molar-refractivity contribution >= 4 is 33.0 Å². The van der Waals surface area contributed by atoms with Gasteiger partial charge in [0.15, 0.2) is 14.6 Å². The molecule has 2 N–H and O–H groups in total. The van der Waals surface area contributed by atoms with Gasteiger partial charge in [-0.25, -0.2) is 8.42 Å². The fraction of sp³-hybridized carbons (Fsp3) is 0.500. The first-order chi connectivity index (χ1) is 11.1. The van der Waals surface area contributed by atoms with Gasteiger partial charge in [-0.05, 0) is 19.4 Å². The minimum Gasteiger partial charge on any atom is -0.379 e. The van der Waals surface area contributed by atoms with Crippen LogP contribution in [0.1, 0.15) is 18.9 Å². The van der Waals surface area contributed by atoms with Gasteiger partial charge in [-0.2, -0.15) is 0 Å². The van der Waals surface area contributed by atoms with Crippen LogP contribution in [-0.4, -0.2) is 42.9 Å². The molecular formula is C14H16ClN3O5S. The summed E-state index contributed by atoms with van der Waals surface area (Å²) in [5.74, 6) is -0.483. The van der Waals surface area contributed by atoms with Gasteiger partial charge in [0.2, 0.25) is 0 Å². The van der Waals surface area contributed by atoms with E-state index in [0.29, 0.717) is 0 Å². The summed E-state index contributed by atoms with van der Waals surface area (Å²) in [6, 6.07) is 3.87. The minimum absolute atomic E-state index is 0.0556. The zero-order valence-corrected chi connectivity index (χ0v) is 14.4. The lowest BCUT2D eigenvalue weighted by Crippen LogP contribution is -2.66. The van der Waals surface area contributed by atoms with Crippen molar-refractivity contribution in [3.63, 3.8) is 0 Å². The summed E-state index contributed by atoms with van der Waals surface area (Å²) < 4.78 is 29.7. The van der Waals surface area contributed by atoms with E-state index in [1.165, 1.54) is 18.2 Å². The average Bonchev–Trinajstić information content (AvgIpc) is 2.96. The van der Waals surface area contributed by atoms with Crippen molar-refractivity contribution in [3.05, 3.63) is 38.9 Å². The highest BCUT2D eigenvalue weighted by atomic mass is 35.5. The van der Waals surface area contributed by atoms with E-state index in [9.17, 15) is 18.5 Å². The second-order valence-corrected chi connectivity index (χ2v) is 9.02. The first kappa shape index (κ1) is 17.1. The third kappa shape index (κ3) is 2.38. The summed E-state index contributed by atoms with van der Waals surface area (Å²) in [5, 5.41) is 22.4. The van der Waals surface area contributed by atoms with Crippen molar-refractivity contribution in [2.75, 3.05) is 19.0 Å². The maximum atomic E-state index is 12.9. The third-order valence-electron chi connectivity index (χ3n) is 4.67. The number of nitro groups is 1. The van der Waals surface area contributed by atoms with Gasteiger partial charge in [-0.3, -0.25) is 15.5 Å². The molecule has 24 heavy (non-hydrogen) atoms. The fourth-order valence-corrected chi connectivity index (χ4v) is 5.89. The molecule has 0 radical (unpaired) electrons. The Hall–Kier alpha value is -1.71. The van der Waals surface area contributed by atoms with Gasteiger partial charge >= 0.3 is 0 Å². The molecule has 2 atom stereocenters. The third-order valence-corrected chi connectivity index (χ3v) is 7.67. The van der Waals surface area contributed by atoms with E-state index in [0.717, 1.165) is 0 Å². The van der Waals surface area contributed by atoms with Crippen molar-refractivity contribution in [1.82, 2.24) is 5.32 Å². The van der Waals surface area contributed by atoms with Crippen molar-refractivity contribution in [1.29, 1.82) is 5.41 Å². The highest BCUT2D eigenvalue weighted by molar-refractivity contribution is 7.93. The highest BCUT2D eigenvalue weighted by Crippen LogP contribution is 2.41. The second-order valence-electron chi connectivity index (χ2n) is 6.31. The van der Waals surface area contributed by atoms with Crippen LogP contribution in [0.4, 0.5) is 5.69 Å². The Labute approximate surface area is 143 Å². The molecule has 2 aliphatic rings. The number of amidine groups is 1. The van der Waals surface area contributed by atoms with E-state index in [-0.39, 0.29) is 47.5 Å². The molecule has 2 fully saturated rings. The Morgan fingerprint density at radius 1 is 1.46 bits per heavy atom. The van der Waals surface area contributed by atoms with Crippen molar-refractivity contribution < 1.29 is 18.1 Å². The minimum atomic E-state index is -3.72. The van der Waals surface area contributed by atoms with Crippen LogP contribution in [-0.2, 0) is 20.1 Å². The number of halogens is 1. The molecule has 130 valence electrons. The number of nitrogens with one attached hydrogen (secondary N) is 2. The Balaban J connectivity index is 2.09. The van der Waals surface area contributed by atoms with E-state index < -0.39 is 25.0 Å². The molecule has 2 saturated heterocycles. The molecule has 2 aliphatic heterocycles. The van der Waals surface area contributed by atoms with Gasteiger partial charge in [0.25, 0.3) is 5.69 Å². The van der Waals surface area contributed by atoms with E-state index in [2.05, 4.69) is 5.32 Å². The van der Waals surface area contributed by atoms with Gasteiger partial charge in [0, 0.05) is 29.3 Å². The molecule has 1 aromatic rings. The Morgan fingerprint density at radius 3 is 2.71 bits per heavy atom. The summed E-state index contributed by atoms with van der Waals surface area (Å²) in [4.78, 5) is 10.4. The lowest BCUT2D eigenvalue weighted by molar-refractivity contribution is -0.385. The maximum absolute atomic E-state index is 12.9. The number of benzene rings is 1. The van der Waals surface area contributed by atoms with Crippen LogP contribution in [0.5, 0.6) is 0 Å². The molecule has 0 amide bonds. The first-order valence-electron chi connectivity index (χ1n) is 7.23. The number of nitro benzene ring substituents is 1. The van der Waals surface area contributed by atoms with Gasteiger partial charge in [0.05, 0.1) is 22.8 Å². The molecule has 0 saturated carbocycles. The number of sulfone groups is 1. The summed E-state index contributed by atoms with van der Waals surface area (Å²) >= 11 is 6.16. The SMILES string of the molecule is C[C@@]1(c2cc([N+](=O)[O-])ccc2Cl)CS(=O)(=O)[C@@]2(CCOC2)C(=N)N1. The van der Waals surface area contributed by atoms with Crippen LogP contribution in [0, 0.1) is 15.5 Å². The standard InChI is InChI=1S/C14H16ClN3O5S/c1-13(10-6-9(18(19)20)2-3-11(10)15)8-24(21,22)14(12(16)17-13)4-5-23-7-14/h2-3,6H,4-5,7-8H2,1H3,(H2,16,17)/t13-,14+/m0/s1. The first-order valence-corrected chi connectivity index (χ1v) is 9.26. The van der Waals surface area contributed by atoms with Gasteiger partial charge in [-0.15, -0.1) is 0 Å². The largest absolute Gasteiger partial charge is 0.379 e. The van der Waals surface area contributed by atoms with E-state index in [1.54, 1.807) is 6.92 Å². The number of ether oxygens (including phenoxy) is 1. The number of rotatable bonds is 2. The monoisotopic (exact) mass is 373 g/mol. The summed E-state index contributed by atoms with van der Waals surface area (Å²) in [7, 11) is -3.72. The molecule has 10 heteroatoms. The van der Waals surface area contributed by atoms with E-state index >= 15 is 0 Å². The number of non-ortho nitro benzene ring substituents is 1. The summed E-state index contributed by atoms with van der Waals surface area (Å²) in [6.45, 7) is 1.80. The Kier molecular flexibility index (Phi) is 3.85. The van der Waals surface area contributed by atoms with Gasteiger partial charge in [0.1, 0.15) is 5.84 Å². The number of nitrogens with zero attached hydrogens (tertiary/aromatic N) is 1. The molecule has 0 unspecified atom stereocenters. The van der Waals surface area contributed by atoms with Crippen LogP contribution >= 0.6 is 11.6 Å². The number of hydrogen-bond donors (Lipinski definition) is 2. The smallest absolute Gasteiger partial charge is 0.269 e.